The van der Waals surface area contributed by atoms with Crippen LogP contribution in [0.4, 0.5) is 0 Å². The number of ether oxygens (including phenoxy) is 3. The highest BCUT2D eigenvalue weighted by Gasteiger charge is 2.44. The minimum absolute atomic E-state index is 0.00321. The predicted molar refractivity (Wildman–Crippen MR) is 361 cm³/mol. The first-order chi connectivity index (χ1) is 42.2. The summed E-state index contributed by atoms with van der Waals surface area (Å²) in [4.78, 5) is 25.1. The second-order valence-electron chi connectivity index (χ2n) is 24.6. The second kappa shape index (κ2) is 63.4. The third-order valence-electron chi connectivity index (χ3n) is 16.5. The molecule has 11 heteroatoms. The minimum Gasteiger partial charge on any atom is -0.466 e. The van der Waals surface area contributed by atoms with Crippen LogP contribution in [0.15, 0.2) is 85.1 Å². The molecule has 1 heterocycles. The van der Waals surface area contributed by atoms with Crippen molar-refractivity contribution in [2.45, 2.75) is 358 Å². The fourth-order valence-electron chi connectivity index (χ4n) is 10.9. The third-order valence-corrected chi connectivity index (χ3v) is 16.5. The molecule has 0 spiro atoms. The van der Waals surface area contributed by atoms with Gasteiger partial charge in [-0.25, -0.2) is 0 Å². The number of aliphatic hydroxyl groups excluding tert-OH is 5. The van der Waals surface area contributed by atoms with Gasteiger partial charge in [0.2, 0.25) is 5.91 Å². The Labute approximate surface area is 527 Å². The lowest BCUT2D eigenvalue weighted by Gasteiger charge is -2.40. The first kappa shape index (κ1) is 80.9. The van der Waals surface area contributed by atoms with Gasteiger partial charge in [0.25, 0.3) is 0 Å². The summed E-state index contributed by atoms with van der Waals surface area (Å²) in [5, 5.41) is 54.2. The maximum Gasteiger partial charge on any atom is 0.305 e. The Kier molecular flexibility index (Phi) is 59.6. The lowest BCUT2D eigenvalue weighted by atomic mass is 9.99. The molecule has 11 nitrogen and oxygen atoms in total. The summed E-state index contributed by atoms with van der Waals surface area (Å²) >= 11 is 0. The number of allylic oxidation sites excluding steroid dienone is 13. The van der Waals surface area contributed by atoms with E-state index < -0.39 is 49.5 Å². The average Bonchev–Trinajstić information content (AvgIpc) is 3.20. The smallest absolute Gasteiger partial charge is 0.305 e. The van der Waals surface area contributed by atoms with Crippen LogP contribution in [0.1, 0.15) is 316 Å². The number of rotatable bonds is 62. The summed E-state index contributed by atoms with van der Waals surface area (Å²) in [6, 6.07) is -0.835. The summed E-state index contributed by atoms with van der Waals surface area (Å²) < 4.78 is 16.7. The number of unbranched alkanes of at least 4 members (excludes halogenated alkanes) is 37. The zero-order chi connectivity index (χ0) is 62.3. The molecule has 7 unspecified atom stereocenters. The normalized spacial score (nSPS) is 18.4. The molecule has 7 atom stereocenters. The van der Waals surface area contributed by atoms with Crippen molar-refractivity contribution in [3.8, 4) is 0 Å². The molecule has 1 amide bonds. The highest BCUT2D eigenvalue weighted by atomic mass is 16.7. The van der Waals surface area contributed by atoms with Crippen LogP contribution in [0, 0.1) is 0 Å². The van der Waals surface area contributed by atoms with Gasteiger partial charge in [0, 0.05) is 12.8 Å². The van der Waals surface area contributed by atoms with Gasteiger partial charge in [-0.15, -0.1) is 0 Å². The Morgan fingerprint density at radius 1 is 0.453 bits per heavy atom. The van der Waals surface area contributed by atoms with E-state index in [0.717, 1.165) is 77.0 Å². The van der Waals surface area contributed by atoms with Crippen molar-refractivity contribution >= 4 is 11.9 Å². The molecule has 0 saturated carbocycles. The number of nitrogens with one attached hydrogen (secondary N) is 1. The van der Waals surface area contributed by atoms with Gasteiger partial charge in [0.15, 0.2) is 6.29 Å². The summed E-state index contributed by atoms with van der Waals surface area (Å²) in [5.74, 6) is -0.203. The molecule has 0 aliphatic carbocycles. The fourth-order valence-corrected chi connectivity index (χ4v) is 10.9. The lowest BCUT2D eigenvalue weighted by molar-refractivity contribution is -0.302. The van der Waals surface area contributed by atoms with Crippen molar-refractivity contribution in [2.75, 3.05) is 19.8 Å². The summed E-state index contributed by atoms with van der Waals surface area (Å²) in [6.45, 7) is 4.08. The molecule has 498 valence electrons. The highest BCUT2D eigenvalue weighted by molar-refractivity contribution is 5.76. The standard InChI is InChI=1S/C75H133NO10/c1-3-5-7-9-11-13-14-15-16-17-34-37-40-43-47-51-55-59-63-71(80)84-64-60-56-52-48-44-41-38-35-32-30-28-26-24-22-20-18-19-21-23-25-27-29-31-33-36-39-42-46-50-54-58-62-70(79)76-67(68(78)61-57-53-49-45-12-10-8-6-4-2)66-85-75-74(83)73(82)72(81)69(65-77)86-75/h4,6,12-14,16-17,20,22,26,28,45,57,61,67-69,72-75,77-78,81-83H,3,5,7-11,15,18-19,21,23-25,27,29-44,46-56,58-60,62-66H2,1-2H3,(H,76,79)/b6-4+,14-13-,17-16-,22-20-,28-26-,45-12+,61-57+. The highest BCUT2D eigenvalue weighted by Crippen LogP contribution is 2.23. The van der Waals surface area contributed by atoms with Crippen molar-refractivity contribution in [1.29, 1.82) is 0 Å². The number of esters is 1. The molecule has 0 aromatic rings. The number of amides is 1. The van der Waals surface area contributed by atoms with E-state index in [-0.39, 0.29) is 18.5 Å². The van der Waals surface area contributed by atoms with Crippen molar-refractivity contribution in [1.82, 2.24) is 5.32 Å². The van der Waals surface area contributed by atoms with Gasteiger partial charge in [0.1, 0.15) is 24.4 Å². The number of hydrogen-bond donors (Lipinski definition) is 6. The van der Waals surface area contributed by atoms with E-state index in [4.69, 9.17) is 14.2 Å². The van der Waals surface area contributed by atoms with Gasteiger partial charge in [0.05, 0.1) is 32.0 Å². The van der Waals surface area contributed by atoms with E-state index in [1.54, 1.807) is 6.08 Å². The molecular weight excluding hydrogens is 1070 g/mol. The second-order valence-corrected chi connectivity index (χ2v) is 24.6. The molecular formula is C75H133NO10. The summed E-state index contributed by atoms with van der Waals surface area (Å²) in [5.41, 5.74) is 0. The van der Waals surface area contributed by atoms with E-state index in [9.17, 15) is 35.1 Å². The van der Waals surface area contributed by atoms with Gasteiger partial charge in [-0.1, -0.05) is 272 Å². The molecule has 0 radical (unpaired) electrons. The van der Waals surface area contributed by atoms with Crippen molar-refractivity contribution in [2.24, 2.45) is 0 Å². The van der Waals surface area contributed by atoms with Crippen LogP contribution in [0.25, 0.3) is 0 Å². The maximum atomic E-state index is 13.0. The molecule has 0 bridgehead atoms. The molecule has 1 aliphatic rings. The molecule has 1 aliphatic heterocycles. The molecule has 6 N–H and O–H groups in total. The predicted octanol–water partition coefficient (Wildman–Crippen LogP) is 18.5. The Balaban J connectivity index is 1.92. The van der Waals surface area contributed by atoms with E-state index >= 15 is 0 Å². The first-order valence-corrected chi connectivity index (χ1v) is 35.8. The van der Waals surface area contributed by atoms with E-state index in [0.29, 0.717) is 19.4 Å². The molecule has 0 aromatic heterocycles. The molecule has 1 fully saturated rings. The molecule has 1 rings (SSSR count). The van der Waals surface area contributed by atoms with Gasteiger partial charge in [-0.05, 0) is 116 Å². The Hall–Kier alpha value is -3.16. The minimum atomic E-state index is -1.58. The van der Waals surface area contributed by atoms with Gasteiger partial charge >= 0.3 is 5.97 Å². The first-order valence-electron chi connectivity index (χ1n) is 35.8. The van der Waals surface area contributed by atoms with Gasteiger partial charge in [-0.2, -0.15) is 0 Å². The van der Waals surface area contributed by atoms with Crippen LogP contribution < -0.4 is 5.32 Å². The van der Waals surface area contributed by atoms with Crippen LogP contribution in [0.3, 0.4) is 0 Å². The third kappa shape index (κ3) is 51.7. The Morgan fingerprint density at radius 2 is 0.837 bits per heavy atom. The van der Waals surface area contributed by atoms with Crippen LogP contribution in [0.5, 0.6) is 0 Å². The maximum absolute atomic E-state index is 13.0. The number of carbonyl (C=O) groups excluding carboxylic acids is 2. The summed E-state index contributed by atoms with van der Waals surface area (Å²) in [6.07, 6.45) is 77.6. The van der Waals surface area contributed by atoms with Crippen molar-refractivity contribution < 1.29 is 49.3 Å². The summed E-state index contributed by atoms with van der Waals surface area (Å²) in [7, 11) is 0. The SMILES string of the molecule is C/C=C/CC/C=C/CC/C=C/C(O)C(COC1OC(CO)C(O)C(O)C1O)NC(=O)CCCCCCCCCCCCCCCCC/C=C\C/C=C\CCCCCCCCCCCOC(=O)CCCCCCCCC/C=C\C/C=C\CCCCCC. The quantitative estimate of drug-likeness (QED) is 0.0195. The zero-order valence-corrected chi connectivity index (χ0v) is 55.3. The van der Waals surface area contributed by atoms with Crippen LogP contribution in [-0.2, 0) is 23.8 Å². The van der Waals surface area contributed by atoms with E-state index in [1.807, 2.05) is 19.1 Å². The molecule has 1 saturated heterocycles. The van der Waals surface area contributed by atoms with Crippen molar-refractivity contribution in [3.05, 3.63) is 85.1 Å². The largest absolute Gasteiger partial charge is 0.466 e. The van der Waals surface area contributed by atoms with Gasteiger partial charge in [-0.3, -0.25) is 9.59 Å². The van der Waals surface area contributed by atoms with Crippen LogP contribution in [0.2, 0.25) is 0 Å². The number of hydrogen-bond acceptors (Lipinski definition) is 10. The van der Waals surface area contributed by atoms with Crippen LogP contribution in [-0.4, -0.2) is 100 Å². The number of carbonyl (C=O) groups is 2. The molecule has 86 heavy (non-hydrogen) atoms. The Morgan fingerprint density at radius 3 is 1.28 bits per heavy atom. The van der Waals surface area contributed by atoms with Gasteiger partial charge < -0.3 is 45.1 Å². The van der Waals surface area contributed by atoms with E-state index in [2.05, 4.69) is 79.1 Å². The number of aliphatic hydroxyl groups is 5. The van der Waals surface area contributed by atoms with Crippen molar-refractivity contribution in [3.63, 3.8) is 0 Å². The topological polar surface area (TPSA) is 175 Å². The molecule has 0 aromatic carbocycles. The fraction of sp³-hybridized carbons (Fsp3) is 0.787. The van der Waals surface area contributed by atoms with Crippen LogP contribution >= 0.6 is 0 Å². The zero-order valence-electron chi connectivity index (χ0n) is 55.3. The average molecular weight is 1210 g/mol. The lowest BCUT2D eigenvalue weighted by Crippen LogP contribution is -2.60. The Bertz CT molecular complexity index is 1710. The monoisotopic (exact) mass is 1210 g/mol. The van der Waals surface area contributed by atoms with E-state index in [1.165, 1.54) is 212 Å².